The highest BCUT2D eigenvalue weighted by Gasteiger charge is 2.86. The van der Waals surface area contributed by atoms with E-state index >= 15 is 4.39 Å². The van der Waals surface area contributed by atoms with E-state index in [1.165, 1.54) is 14.1 Å². The van der Waals surface area contributed by atoms with Crippen molar-refractivity contribution in [3.05, 3.63) is 0 Å². The van der Waals surface area contributed by atoms with Gasteiger partial charge in [-0.25, -0.2) is 14.0 Å². The van der Waals surface area contributed by atoms with Gasteiger partial charge in [-0.2, -0.15) is 5.26 Å². The molecule has 23 heavy (non-hydrogen) atoms. The molecule has 2 heterocycles. The third kappa shape index (κ3) is 1.24. The minimum absolute atomic E-state index is 0.585. The number of halogens is 1. The molecule has 4 atom stereocenters. The Hall–Kier alpha value is -2.70. The Morgan fingerprint density at radius 1 is 1.04 bits per heavy atom. The van der Waals surface area contributed by atoms with Gasteiger partial charge in [-0.05, 0) is 0 Å². The molecular formula is C13H14FN5O4. The number of amides is 6. The molecule has 2 saturated heterocycles. The third-order valence-electron chi connectivity index (χ3n) is 5.17. The second-order valence-electron chi connectivity index (χ2n) is 6.04. The first-order valence-electron chi connectivity index (χ1n) is 6.78. The monoisotopic (exact) mass is 323 g/mol. The lowest BCUT2D eigenvalue weighted by molar-refractivity contribution is -0.219. The zero-order valence-corrected chi connectivity index (χ0v) is 12.9. The number of imide groups is 2. The van der Waals surface area contributed by atoms with Crippen LogP contribution in [0.2, 0.25) is 0 Å². The van der Waals surface area contributed by atoms with E-state index in [1.54, 1.807) is 0 Å². The number of hydrogen-bond acceptors (Lipinski definition) is 5. The number of alkyl halides is 1. The Labute approximate surface area is 130 Å². The van der Waals surface area contributed by atoms with Crippen LogP contribution in [-0.2, 0) is 9.59 Å². The molecule has 0 unspecified atom stereocenters. The van der Waals surface area contributed by atoms with Crippen molar-refractivity contribution in [2.24, 2.45) is 5.92 Å². The highest BCUT2D eigenvalue weighted by molar-refractivity contribution is 6.11. The van der Waals surface area contributed by atoms with E-state index in [0.717, 1.165) is 23.9 Å². The van der Waals surface area contributed by atoms with Crippen molar-refractivity contribution in [3.8, 4) is 6.07 Å². The number of likely N-dealkylation sites (N-methyl/N-ethyl adjacent to an activating group) is 2. The summed E-state index contributed by atoms with van der Waals surface area (Å²) in [6, 6.07) is -1.31. The molecule has 0 radical (unpaired) electrons. The topological polar surface area (TPSA) is 105 Å². The summed E-state index contributed by atoms with van der Waals surface area (Å²) < 4.78 is 15.6. The maximum absolute atomic E-state index is 15.6. The summed E-state index contributed by atoms with van der Waals surface area (Å²) in [6.07, 6.45) is 0. The van der Waals surface area contributed by atoms with Crippen LogP contribution in [0.25, 0.3) is 0 Å². The average molecular weight is 323 g/mol. The fourth-order valence-electron chi connectivity index (χ4n) is 3.99. The van der Waals surface area contributed by atoms with E-state index in [-0.39, 0.29) is 0 Å². The van der Waals surface area contributed by atoms with Gasteiger partial charge in [0.25, 0.3) is 5.91 Å². The summed E-state index contributed by atoms with van der Waals surface area (Å²) in [7, 11) is 4.75. The van der Waals surface area contributed by atoms with Gasteiger partial charge < -0.3 is 9.80 Å². The van der Waals surface area contributed by atoms with Crippen molar-refractivity contribution in [1.29, 1.82) is 5.26 Å². The predicted octanol–water partition coefficient (Wildman–Crippen LogP) is -0.997. The number of rotatable bonds is 0. The number of carbonyl (C=O) groups is 4. The molecule has 2 aliphatic heterocycles. The summed E-state index contributed by atoms with van der Waals surface area (Å²) in [5.74, 6) is -3.80. The van der Waals surface area contributed by atoms with E-state index in [9.17, 15) is 24.4 Å². The fraction of sp³-hybridized carbons (Fsp3) is 0.615. The maximum Gasteiger partial charge on any atom is 0.327 e. The van der Waals surface area contributed by atoms with Gasteiger partial charge in [-0.1, -0.05) is 0 Å². The van der Waals surface area contributed by atoms with Gasteiger partial charge >= 0.3 is 12.1 Å². The van der Waals surface area contributed by atoms with Gasteiger partial charge in [-0.15, -0.1) is 0 Å². The normalized spacial score (nSPS) is 39.8. The predicted molar refractivity (Wildman–Crippen MR) is 71.3 cm³/mol. The zero-order chi connectivity index (χ0) is 17.5. The first kappa shape index (κ1) is 15.2. The number of fused-ring (bicyclic) bond motifs is 4. The molecule has 0 bridgehead atoms. The summed E-state index contributed by atoms with van der Waals surface area (Å²) in [5, 5.41) is 9.63. The van der Waals surface area contributed by atoms with Crippen molar-refractivity contribution < 1.29 is 23.6 Å². The smallest absolute Gasteiger partial charge is 0.317 e. The third-order valence-corrected chi connectivity index (χ3v) is 5.17. The van der Waals surface area contributed by atoms with Crippen LogP contribution in [0.3, 0.4) is 0 Å². The molecule has 6 amide bonds. The van der Waals surface area contributed by atoms with Gasteiger partial charge in [0.15, 0.2) is 5.54 Å². The average Bonchev–Trinajstić information content (AvgIpc) is 2.52. The molecular weight excluding hydrogens is 309 g/mol. The van der Waals surface area contributed by atoms with Crippen molar-refractivity contribution in [2.75, 3.05) is 28.2 Å². The van der Waals surface area contributed by atoms with Crippen LogP contribution in [0.5, 0.6) is 0 Å². The summed E-state index contributed by atoms with van der Waals surface area (Å²) in [4.78, 5) is 52.1. The van der Waals surface area contributed by atoms with Gasteiger partial charge in [-0.3, -0.25) is 19.4 Å². The lowest BCUT2D eigenvalue weighted by Gasteiger charge is -2.67. The Balaban J connectivity index is 2.25. The van der Waals surface area contributed by atoms with Gasteiger partial charge in [0.1, 0.15) is 12.0 Å². The van der Waals surface area contributed by atoms with Gasteiger partial charge in [0.2, 0.25) is 11.6 Å². The van der Waals surface area contributed by atoms with Crippen molar-refractivity contribution >= 4 is 23.9 Å². The minimum Gasteiger partial charge on any atom is -0.317 e. The molecule has 9 nitrogen and oxygen atoms in total. The van der Waals surface area contributed by atoms with E-state index in [1.807, 2.05) is 6.07 Å². The number of nitrogens with zero attached hydrogens (tertiary/aromatic N) is 5. The lowest BCUT2D eigenvalue weighted by atomic mass is 9.50. The van der Waals surface area contributed by atoms with Crippen LogP contribution in [0.15, 0.2) is 0 Å². The molecule has 1 aliphatic carbocycles. The molecule has 0 aromatic carbocycles. The largest absolute Gasteiger partial charge is 0.327 e. The standard InChI is InChI=1S/C13H14FN5O4/c1-16-7(20)6-12(5-15,19(4)11(16)23)8-13(6,14)9(21)18(3)10(22)17(8)2/h6,8H,1-4H3/t6-,8+,12+,13+/m1/s1. The highest BCUT2D eigenvalue weighted by atomic mass is 19.1. The molecule has 10 heteroatoms. The fourth-order valence-corrected chi connectivity index (χ4v) is 3.99. The van der Waals surface area contributed by atoms with Crippen LogP contribution in [0.4, 0.5) is 14.0 Å². The summed E-state index contributed by atoms with van der Waals surface area (Å²) in [5.41, 5.74) is -4.65. The SMILES string of the molecule is CN1C(=O)[C@H]2[C@@]3(F)C(=O)N(C)C(=O)N(C)[C@H]3[C@@]2(C#N)N(C)C1=O. The molecule has 1 saturated carbocycles. The van der Waals surface area contributed by atoms with Crippen LogP contribution in [-0.4, -0.2) is 88.9 Å². The molecule has 0 aromatic heterocycles. The highest BCUT2D eigenvalue weighted by Crippen LogP contribution is 2.59. The van der Waals surface area contributed by atoms with Crippen LogP contribution in [0.1, 0.15) is 0 Å². The van der Waals surface area contributed by atoms with Gasteiger partial charge in [0.05, 0.1) is 6.07 Å². The quantitative estimate of drug-likeness (QED) is 0.569. The minimum atomic E-state index is -2.74. The Kier molecular flexibility index (Phi) is 2.63. The van der Waals surface area contributed by atoms with Crippen molar-refractivity contribution in [2.45, 2.75) is 17.2 Å². The molecule has 0 spiro atoms. The van der Waals surface area contributed by atoms with Crippen LogP contribution in [0, 0.1) is 17.2 Å². The van der Waals surface area contributed by atoms with E-state index in [0.29, 0.717) is 9.80 Å². The summed E-state index contributed by atoms with van der Waals surface area (Å²) in [6.45, 7) is 0. The number of hydrogen-bond donors (Lipinski definition) is 0. The molecule has 0 N–H and O–H groups in total. The molecule has 3 rings (SSSR count). The maximum atomic E-state index is 15.6. The van der Waals surface area contributed by atoms with Gasteiger partial charge in [0, 0.05) is 28.2 Å². The first-order chi connectivity index (χ1) is 10.6. The lowest BCUT2D eigenvalue weighted by Crippen LogP contribution is -2.94. The number of carbonyl (C=O) groups excluding carboxylic acids is 4. The number of nitriles is 1. The van der Waals surface area contributed by atoms with E-state index in [4.69, 9.17) is 0 Å². The molecule has 0 aromatic rings. The Bertz CT molecular complexity index is 720. The van der Waals surface area contributed by atoms with Crippen LogP contribution >= 0.6 is 0 Å². The van der Waals surface area contributed by atoms with E-state index < -0.39 is 47.0 Å². The first-order valence-corrected chi connectivity index (χ1v) is 6.78. The van der Waals surface area contributed by atoms with Crippen LogP contribution < -0.4 is 0 Å². The Morgan fingerprint density at radius 2 is 1.61 bits per heavy atom. The van der Waals surface area contributed by atoms with Crippen molar-refractivity contribution in [3.63, 3.8) is 0 Å². The van der Waals surface area contributed by atoms with E-state index in [2.05, 4.69) is 0 Å². The van der Waals surface area contributed by atoms with Crippen molar-refractivity contribution in [1.82, 2.24) is 19.6 Å². The number of urea groups is 2. The Morgan fingerprint density at radius 3 is 2.13 bits per heavy atom. The second kappa shape index (κ2) is 3.98. The molecule has 3 fully saturated rings. The zero-order valence-electron chi connectivity index (χ0n) is 12.9. The summed E-state index contributed by atoms with van der Waals surface area (Å²) >= 11 is 0. The molecule has 122 valence electrons. The second-order valence-corrected chi connectivity index (χ2v) is 6.04. The molecule has 3 aliphatic rings.